The predicted octanol–water partition coefficient (Wildman–Crippen LogP) is 3.02. The van der Waals surface area contributed by atoms with E-state index in [2.05, 4.69) is 18.3 Å². The zero-order valence-corrected chi connectivity index (χ0v) is 8.69. The van der Waals surface area contributed by atoms with E-state index in [0.29, 0.717) is 11.7 Å². The third-order valence-electron chi connectivity index (χ3n) is 2.30. The van der Waals surface area contributed by atoms with E-state index < -0.39 is 5.82 Å². The van der Waals surface area contributed by atoms with Gasteiger partial charge in [-0.2, -0.15) is 0 Å². The summed E-state index contributed by atoms with van der Waals surface area (Å²) in [6, 6.07) is 7.82. The lowest BCUT2D eigenvalue weighted by Gasteiger charge is -2.09. The first-order chi connectivity index (χ1) is 7.18. The molecule has 0 aliphatic heterocycles. The molecule has 0 saturated heterocycles. The zero-order valence-electron chi connectivity index (χ0n) is 8.69. The number of hydrogen-bond acceptors (Lipinski definition) is 3. The molecule has 0 unspecified atom stereocenters. The Morgan fingerprint density at radius 2 is 1.93 bits per heavy atom. The van der Waals surface area contributed by atoms with E-state index in [-0.39, 0.29) is 0 Å². The van der Waals surface area contributed by atoms with E-state index in [9.17, 15) is 4.79 Å². The average molecular weight is 204 g/mol. The van der Waals surface area contributed by atoms with Gasteiger partial charge < -0.3 is 8.83 Å². The van der Waals surface area contributed by atoms with E-state index >= 15 is 0 Å². The fourth-order valence-corrected chi connectivity index (χ4v) is 1.58. The minimum atomic E-state index is -0.663. The van der Waals surface area contributed by atoms with Crippen molar-refractivity contribution < 1.29 is 8.83 Å². The maximum atomic E-state index is 10.8. The predicted molar refractivity (Wildman–Crippen MR) is 56.8 cm³/mol. The molecule has 78 valence electrons. The maximum absolute atomic E-state index is 10.8. The Balaban J connectivity index is 2.57. The van der Waals surface area contributed by atoms with Gasteiger partial charge in [0.25, 0.3) is 0 Å². The van der Waals surface area contributed by atoms with Crippen molar-refractivity contribution >= 4 is 0 Å². The standard InChI is InChI=1S/C12H12O3/c1-8(2)9-5-3-4-6-10(9)11-7-14-12(13)15-11/h3-8H,1-2H3. The quantitative estimate of drug-likeness (QED) is 0.755. The normalized spacial score (nSPS) is 10.9. The van der Waals surface area contributed by atoms with Crippen molar-refractivity contribution in [1.82, 2.24) is 0 Å². The molecule has 0 radical (unpaired) electrons. The van der Waals surface area contributed by atoms with E-state index in [4.69, 9.17) is 4.42 Å². The number of rotatable bonds is 2. The van der Waals surface area contributed by atoms with Crippen LogP contribution in [-0.2, 0) is 0 Å². The van der Waals surface area contributed by atoms with Crippen molar-refractivity contribution in [3.05, 3.63) is 46.7 Å². The lowest BCUT2D eigenvalue weighted by molar-refractivity contribution is 0.389. The lowest BCUT2D eigenvalue weighted by Crippen LogP contribution is -1.91. The molecule has 0 fully saturated rings. The van der Waals surface area contributed by atoms with Crippen molar-refractivity contribution in [1.29, 1.82) is 0 Å². The largest absolute Gasteiger partial charge is 0.519 e. The van der Waals surface area contributed by atoms with Gasteiger partial charge in [0, 0.05) is 5.56 Å². The van der Waals surface area contributed by atoms with Gasteiger partial charge in [-0.1, -0.05) is 38.1 Å². The van der Waals surface area contributed by atoms with E-state index in [1.807, 2.05) is 24.3 Å². The fourth-order valence-electron chi connectivity index (χ4n) is 1.58. The Bertz CT molecular complexity index is 505. The molecule has 0 N–H and O–H groups in total. The Morgan fingerprint density at radius 3 is 2.53 bits per heavy atom. The first-order valence-corrected chi connectivity index (χ1v) is 4.86. The van der Waals surface area contributed by atoms with Gasteiger partial charge in [-0.3, -0.25) is 0 Å². The molecule has 2 aromatic rings. The first-order valence-electron chi connectivity index (χ1n) is 4.86. The number of benzene rings is 1. The summed E-state index contributed by atoms with van der Waals surface area (Å²) in [6.45, 7) is 4.19. The molecule has 3 nitrogen and oxygen atoms in total. The van der Waals surface area contributed by atoms with Gasteiger partial charge in [0.05, 0.1) is 0 Å². The molecule has 0 aliphatic rings. The molecule has 3 heteroatoms. The van der Waals surface area contributed by atoms with Gasteiger partial charge in [0.2, 0.25) is 0 Å². The highest BCUT2D eigenvalue weighted by Gasteiger charge is 2.11. The molecule has 0 saturated carbocycles. The second-order valence-corrected chi connectivity index (χ2v) is 3.69. The Labute approximate surface area is 87.3 Å². The van der Waals surface area contributed by atoms with E-state index in [1.165, 1.54) is 6.26 Å². The van der Waals surface area contributed by atoms with Crippen LogP contribution in [0, 0.1) is 0 Å². The average Bonchev–Trinajstić information content (AvgIpc) is 2.65. The molecule has 2 rings (SSSR count). The zero-order chi connectivity index (χ0) is 10.8. The van der Waals surface area contributed by atoms with Crippen molar-refractivity contribution in [2.45, 2.75) is 19.8 Å². The highest BCUT2D eigenvalue weighted by molar-refractivity contribution is 5.61. The molecule has 0 amide bonds. The summed E-state index contributed by atoms with van der Waals surface area (Å²) in [5, 5.41) is 0. The second-order valence-electron chi connectivity index (χ2n) is 3.69. The summed E-state index contributed by atoms with van der Waals surface area (Å²) in [4.78, 5) is 10.8. The minimum Gasteiger partial charge on any atom is -0.399 e. The summed E-state index contributed by atoms with van der Waals surface area (Å²) in [5.41, 5.74) is 2.06. The van der Waals surface area contributed by atoms with Crippen molar-refractivity contribution in [3.8, 4) is 11.3 Å². The van der Waals surface area contributed by atoms with Crippen LogP contribution in [0.5, 0.6) is 0 Å². The molecule has 15 heavy (non-hydrogen) atoms. The Hall–Kier alpha value is -1.77. The fraction of sp³-hybridized carbons (Fsp3) is 0.250. The Kier molecular flexibility index (Phi) is 2.46. The first kappa shape index (κ1) is 9.77. The summed E-state index contributed by atoms with van der Waals surface area (Å²) in [6.07, 6.45) is 1.35. The van der Waals surface area contributed by atoms with Gasteiger partial charge in [-0.25, -0.2) is 4.79 Å². The van der Waals surface area contributed by atoms with Crippen LogP contribution in [0.3, 0.4) is 0 Å². The van der Waals surface area contributed by atoms with Crippen LogP contribution in [0.1, 0.15) is 25.3 Å². The third-order valence-corrected chi connectivity index (χ3v) is 2.30. The Morgan fingerprint density at radius 1 is 1.20 bits per heavy atom. The van der Waals surface area contributed by atoms with Gasteiger partial charge in [-0.15, -0.1) is 0 Å². The van der Waals surface area contributed by atoms with E-state index in [1.54, 1.807) is 0 Å². The van der Waals surface area contributed by atoms with Gasteiger partial charge in [0.15, 0.2) is 5.76 Å². The van der Waals surface area contributed by atoms with Crippen molar-refractivity contribution in [3.63, 3.8) is 0 Å². The summed E-state index contributed by atoms with van der Waals surface area (Å²) in [7, 11) is 0. The molecule has 0 atom stereocenters. The van der Waals surface area contributed by atoms with Crippen LogP contribution < -0.4 is 5.82 Å². The highest BCUT2D eigenvalue weighted by atomic mass is 16.6. The number of hydrogen-bond donors (Lipinski definition) is 0. The summed E-state index contributed by atoms with van der Waals surface area (Å²) in [5.74, 6) is 0.203. The molecular formula is C12H12O3. The van der Waals surface area contributed by atoms with Gasteiger partial charge >= 0.3 is 5.82 Å². The van der Waals surface area contributed by atoms with Crippen LogP contribution in [0.25, 0.3) is 11.3 Å². The minimum absolute atomic E-state index is 0.376. The third kappa shape index (κ3) is 1.86. The molecule has 1 aromatic heterocycles. The van der Waals surface area contributed by atoms with Crippen LogP contribution >= 0.6 is 0 Å². The molecule has 0 bridgehead atoms. The lowest BCUT2D eigenvalue weighted by atomic mass is 9.96. The van der Waals surface area contributed by atoms with Crippen LogP contribution in [-0.4, -0.2) is 0 Å². The smallest absolute Gasteiger partial charge is 0.399 e. The molecule has 0 aliphatic carbocycles. The molecule has 1 heterocycles. The van der Waals surface area contributed by atoms with Crippen LogP contribution in [0.4, 0.5) is 0 Å². The van der Waals surface area contributed by atoms with Crippen LogP contribution in [0.15, 0.2) is 44.2 Å². The van der Waals surface area contributed by atoms with Gasteiger partial charge in [0.1, 0.15) is 6.26 Å². The monoisotopic (exact) mass is 204 g/mol. The second kappa shape index (κ2) is 3.77. The maximum Gasteiger partial charge on any atom is 0.519 e. The van der Waals surface area contributed by atoms with Crippen LogP contribution in [0.2, 0.25) is 0 Å². The molecule has 1 aromatic carbocycles. The highest BCUT2D eigenvalue weighted by Crippen LogP contribution is 2.28. The summed E-state index contributed by atoms with van der Waals surface area (Å²) >= 11 is 0. The van der Waals surface area contributed by atoms with Crippen molar-refractivity contribution in [2.75, 3.05) is 0 Å². The SMILES string of the molecule is CC(C)c1ccccc1-c1coc(=O)o1. The topological polar surface area (TPSA) is 43.4 Å². The summed E-state index contributed by atoms with van der Waals surface area (Å²) < 4.78 is 9.57. The van der Waals surface area contributed by atoms with E-state index in [0.717, 1.165) is 11.1 Å². The molecule has 0 spiro atoms. The van der Waals surface area contributed by atoms with Crippen molar-refractivity contribution in [2.24, 2.45) is 0 Å². The molecular weight excluding hydrogens is 192 g/mol. The van der Waals surface area contributed by atoms with Gasteiger partial charge in [-0.05, 0) is 11.5 Å².